The Morgan fingerprint density at radius 2 is 1.91 bits per heavy atom. The van der Waals surface area contributed by atoms with E-state index in [4.69, 9.17) is 4.74 Å². The summed E-state index contributed by atoms with van der Waals surface area (Å²) in [5.41, 5.74) is 1.15. The molecule has 0 radical (unpaired) electrons. The van der Waals surface area contributed by atoms with Gasteiger partial charge in [-0.2, -0.15) is 0 Å². The molecule has 1 saturated heterocycles. The van der Waals surface area contributed by atoms with Crippen molar-refractivity contribution in [2.45, 2.75) is 37.8 Å². The molecule has 1 atom stereocenters. The SMILES string of the molecule is CS(=O)(=O)NC1CCN(C(=O)C2CCc3ccccc3O2)CC1. The minimum atomic E-state index is -3.19. The van der Waals surface area contributed by atoms with E-state index in [1.54, 1.807) is 4.90 Å². The lowest BCUT2D eigenvalue weighted by Crippen LogP contribution is -2.50. The highest BCUT2D eigenvalue weighted by atomic mass is 32.2. The van der Waals surface area contributed by atoms with Crippen LogP contribution in [-0.4, -0.2) is 50.7 Å². The molecule has 126 valence electrons. The van der Waals surface area contributed by atoms with Gasteiger partial charge < -0.3 is 9.64 Å². The van der Waals surface area contributed by atoms with Crippen LogP contribution >= 0.6 is 0 Å². The van der Waals surface area contributed by atoms with Gasteiger partial charge in [0.2, 0.25) is 10.0 Å². The minimum absolute atomic E-state index is 0.0114. The Balaban J connectivity index is 1.56. The predicted octanol–water partition coefficient (Wildman–Crippen LogP) is 0.920. The molecule has 2 aliphatic rings. The summed E-state index contributed by atoms with van der Waals surface area (Å²) >= 11 is 0. The molecule has 1 N–H and O–H groups in total. The molecular weight excluding hydrogens is 316 g/mol. The van der Waals surface area contributed by atoms with E-state index in [2.05, 4.69) is 4.72 Å². The lowest BCUT2D eigenvalue weighted by atomic mass is 10.00. The Morgan fingerprint density at radius 3 is 2.61 bits per heavy atom. The summed E-state index contributed by atoms with van der Waals surface area (Å²) in [6, 6.07) is 7.73. The Bertz CT molecular complexity index is 681. The number of hydrogen-bond acceptors (Lipinski definition) is 4. The van der Waals surface area contributed by atoms with Gasteiger partial charge in [-0.25, -0.2) is 13.1 Å². The van der Waals surface area contributed by atoms with Crippen LogP contribution in [0.1, 0.15) is 24.8 Å². The van der Waals surface area contributed by atoms with Crippen LogP contribution in [0.2, 0.25) is 0 Å². The Labute approximate surface area is 136 Å². The molecule has 1 unspecified atom stereocenters. The molecule has 23 heavy (non-hydrogen) atoms. The number of carbonyl (C=O) groups excluding carboxylic acids is 1. The lowest BCUT2D eigenvalue weighted by Gasteiger charge is -2.35. The molecule has 0 aliphatic carbocycles. The second-order valence-electron chi connectivity index (χ2n) is 6.24. The number of nitrogens with one attached hydrogen (secondary N) is 1. The number of hydrogen-bond donors (Lipinski definition) is 1. The number of likely N-dealkylation sites (tertiary alicyclic amines) is 1. The van der Waals surface area contributed by atoms with E-state index in [9.17, 15) is 13.2 Å². The Hall–Kier alpha value is -1.60. The first-order chi connectivity index (χ1) is 10.9. The van der Waals surface area contributed by atoms with Gasteiger partial charge in [-0.15, -0.1) is 0 Å². The first-order valence-electron chi connectivity index (χ1n) is 7.93. The predicted molar refractivity (Wildman–Crippen MR) is 86.8 cm³/mol. The van der Waals surface area contributed by atoms with Crippen molar-refractivity contribution in [3.05, 3.63) is 29.8 Å². The monoisotopic (exact) mass is 338 g/mol. The van der Waals surface area contributed by atoms with Gasteiger partial charge in [0.25, 0.3) is 5.91 Å². The second-order valence-corrected chi connectivity index (χ2v) is 8.02. The maximum absolute atomic E-state index is 12.6. The van der Waals surface area contributed by atoms with Gasteiger partial charge in [-0.05, 0) is 37.3 Å². The molecular formula is C16H22N2O4S. The molecule has 1 aromatic carbocycles. The number of sulfonamides is 1. The number of benzene rings is 1. The molecule has 1 fully saturated rings. The summed E-state index contributed by atoms with van der Waals surface area (Å²) in [4.78, 5) is 14.4. The molecule has 1 amide bonds. The van der Waals surface area contributed by atoms with Crippen LogP contribution in [0.5, 0.6) is 5.75 Å². The number of rotatable bonds is 3. The molecule has 2 aliphatic heterocycles. The molecule has 7 heteroatoms. The number of fused-ring (bicyclic) bond motifs is 1. The van der Waals surface area contributed by atoms with Crippen molar-refractivity contribution in [1.82, 2.24) is 9.62 Å². The smallest absolute Gasteiger partial charge is 0.263 e. The fraction of sp³-hybridized carbons (Fsp3) is 0.562. The molecule has 0 spiro atoms. The quantitative estimate of drug-likeness (QED) is 0.889. The van der Waals surface area contributed by atoms with Crippen molar-refractivity contribution in [2.75, 3.05) is 19.3 Å². The van der Waals surface area contributed by atoms with E-state index >= 15 is 0 Å². The van der Waals surface area contributed by atoms with Gasteiger partial charge >= 0.3 is 0 Å². The van der Waals surface area contributed by atoms with Crippen LogP contribution in [0.4, 0.5) is 0 Å². The summed E-state index contributed by atoms with van der Waals surface area (Å²) in [7, 11) is -3.19. The van der Waals surface area contributed by atoms with Crippen molar-refractivity contribution < 1.29 is 17.9 Å². The van der Waals surface area contributed by atoms with Crippen molar-refractivity contribution in [3.8, 4) is 5.75 Å². The first kappa shape index (κ1) is 16.3. The van der Waals surface area contributed by atoms with E-state index in [1.807, 2.05) is 24.3 Å². The van der Waals surface area contributed by atoms with Gasteiger partial charge in [-0.1, -0.05) is 18.2 Å². The number of piperidine rings is 1. The second kappa shape index (κ2) is 6.49. The average Bonchev–Trinajstić information content (AvgIpc) is 2.53. The van der Waals surface area contributed by atoms with E-state index in [1.165, 1.54) is 0 Å². The summed E-state index contributed by atoms with van der Waals surface area (Å²) < 4.78 is 31.0. The van der Waals surface area contributed by atoms with Crippen molar-refractivity contribution in [3.63, 3.8) is 0 Å². The molecule has 0 aromatic heterocycles. The molecule has 0 saturated carbocycles. The maximum atomic E-state index is 12.6. The number of ether oxygens (including phenoxy) is 1. The third-order valence-corrected chi connectivity index (χ3v) is 5.14. The summed E-state index contributed by atoms with van der Waals surface area (Å²) in [6.45, 7) is 1.13. The fourth-order valence-electron chi connectivity index (χ4n) is 3.22. The molecule has 0 bridgehead atoms. The van der Waals surface area contributed by atoms with E-state index in [0.717, 1.165) is 24.0 Å². The van der Waals surface area contributed by atoms with E-state index in [0.29, 0.717) is 32.4 Å². The van der Waals surface area contributed by atoms with Crippen molar-refractivity contribution >= 4 is 15.9 Å². The van der Waals surface area contributed by atoms with Gasteiger partial charge in [0.05, 0.1) is 6.26 Å². The topological polar surface area (TPSA) is 75.7 Å². The van der Waals surface area contributed by atoms with E-state index < -0.39 is 16.1 Å². The lowest BCUT2D eigenvalue weighted by molar-refractivity contribution is -0.140. The molecule has 2 heterocycles. The van der Waals surface area contributed by atoms with Crippen LogP contribution in [0.3, 0.4) is 0 Å². The highest BCUT2D eigenvalue weighted by Gasteiger charge is 2.32. The fourth-order valence-corrected chi connectivity index (χ4v) is 4.06. The Morgan fingerprint density at radius 1 is 1.22 bits per heavy atom. The van der Waals surface area contributed by atoms with Crippen molar-refractivity contribution in [1.29, 1.82) is 0 Å². The number of amides is 1. The zero-order chi connectivity index (χ0) is 16.4. The zero-order valence-corrected chi connectivity index (χ0v) is 14.0. The highest BCUT2D eigenvalue weighted by Crippen LogP contribution is 2.28. The third-order valence-electron chi connectivity index (χ3n) is 4.38. The van der Waals surface area contributed by atoms with Crippen molar-refractivity contribution in [2.24, 2.45) is 0 Å². The minimum Gasteiger partial charge on any atom is -0.480 e. The van der Waals surface area contributed by atoms with Gasteiger partial charge in [0, 0.05) is 19.1 Å². The van der Waals surface area contributed by atoms with Gasteiger partial charge in [0.15, 0.2) is 6.10 Å². The largest absolute Gasteiger partial charge is 0.480 e. The van der Waals surface area contributed by atoms with Crippen LogP contribution < -0.4 is 9.46 Å². The highest BCUT2D eigenvalue weighted by molar-refractivity contribution is 7.88. The number of aryl methyl sites for hydroxylation is 1. The average molecular weight is 338 g/mol. The van der Waals surface area contributed by atoms with Gasteiger partial charge in [0.1, 0.15) is 5.75 Å². The van der Waals surface area contributed by atoms with Crippen LogP contribution in [0.15, 0.2) is 24.3 Å². The first-order valence-corrected chi connectivity index (χ1v) is 9.82. The van der Waals surface area contributed by atoms with Crippen LogP contribution in [-0.2, 0) is 21.2 Å². The van der Waals surface area contributed by atoms with Gasteiger partial charge in [-0.3, -0.25) is 4.79 Å². The molecule has 6 nitrogen and oxygen atoms in total. The number of carbonyl (C=O) groups is 1. The van der Waals surface area contributed by atoms with Crippen LogP contribution in [0, 0.1) is 0 Å². The summed E-state index contributed by atoms with van der Waals surface area (Å²) in [5.74, 6) is 0.808. The van der Waals surface area contributed by atoms with Crippen LogP contribution in [0.25, 0.3) is 0 Å². The molecule has 3 rings (SSSR count). The normalized spacial score (nSPS) is 22.3. The summed E-state index contributed by atoms with van der Waals surface area (Å²) in [5, 5.41) is 0. The van der Waals surface area contributed by atoms with E-state index in [-0.39, 0.29) is 11.9 Å². The Kier molecular flexibility index (Phi) is 4.59. The standard InChI is InChI=1S/C16H22N2O4S/c1-23(20,21)17-13-8-10-18(11-9-13)16(19)15-7-6-12-4-2-3-5-14(12)22-15/h2-5,13,15,17H,6-11H2,1H3. The third kappa shape index (κ3) is 4.03. The summed E-state index contributed by atoms with van der Waals surface area (Å²) in [6.07, 6.45) is 3.56. The number of para-hydroxylation sites is 1. The number of nitrogens with zero attached hydrogens (tertiary/aromatic N) is 1. The maximum Gasteiger partial charge on any atom is 0.263 e. The zero-order valence-electron chi connectivity index (χ0n) is 13.2. The molecule has 1 aromatic rings.